The Kier molecular flexibility index (Phi) is 4.14. The molecule has 0 aliphatic carbocycles. The SMILES string of the molecule is COc1ccnc(-c2ccc(C)c(N(S)C(N)=O)c2)c1. The second-order valence-electron chi connectivity index (χ2n) is 4.23. The minimum absolute atomic E-state index is 0.628. The number of nitrogens with zero attached hydrogens (tertiary/aromatic N) is 2. The van der Waals surface area contributed by atoms with Crippen molar-refractivity contribution in [2.45, 2.75) is 6.92 Å². The minimum Gasteiger partial charge on any atom is -0.497 e. The predicted octanol–water partition coefficient (Wildman–Crippen LogP) is 2.80. The first-order valence-electron chi connectivity index (χ1n) is 5.92. The summed E-state index contributed by atoms with van der Waals surface area (Å²) in [6, 6.07) is 8.58. The number of ether oxygens (including phenoxy) is 1. The van der Waals surface area contributed by atoms with Gasteiger partial charge in [0.15, 0.2) is 0 Å². The molecule has 20 heavy (non-hydrogen) atoms. The number of hydrogen-bond donors (Lipinski definition) is 2. The van der Waals surface area contributed by atoms with Crippen LogP contribution in [0.5, 0.6) is 5.75 Å². The van der Waals surface area contributed by atoms with Crippen LogP contribution in [0.1, 0.15) is 5.56 Å². The molecule has 0 atom stereocenters. The zero-order valence-corrected chi connectivity index (χ0v) is 12.1. The summed E-state index contributed by atoms with van der Waals surface area (Å²) in [5.41, 5.74) is 8.37. The Morgan fingerprint density at radius 3 is 2.75 bits per heavy atom. The van der Waals surface area contributed by atoms with Crippen LogP contribution >= 0.6 is 12.8 Å². The summed E-state index contributed by atoms with van der Waals surface area (Å²) < 4.78 is 6.29. The number of carbonyl (C=O) groups is 1. The third-order valence-electron chi connectivity index (χ3n) is 2.91. The first-order chi connectivity index (χ1) is 9.52. The van der Waals surface area contributed by atoms with Crippen molar-refractivity contribution in [1.29, 1.82) is 0 Å². The molecule has 0 aliphatic heterocycles. The number of carbonyl (C=O) groups excluding carboxylic acids is 1. The zero-order valence-electron chi connectivity index (χ0n) is 11.2. The van der Waals surface area contributed by atoms with Gasteiger partial charge in [0.2, 0.25) is 0 Å². The number of benzene rings is 1. The van der Waals surface area contributed by atoms with Crippen molar-refractivity contribution in [2.75, 3.05) is 11.4 Å². The van der Waals surface area contributed by atoms with Gasteiger partial charge in [0.25, 0.3) is 0 Å². The number of nitrogens with two attached hydrogens (primary N) is 1. The molecule has 104 valence electrons. The Balaban J connectivity index is 2.47. The number of hydrogen-bond acceptors (Lipinski definition) is 4. The van der Waals surface area contributed by atoms with E-state index in [2.05, 4.69) is 17.8 Å². The molecule has 0 fully saturated rings. The van der Waals surface area contributed by atoms with Crippen molar-refractivity contribution in [1.82, 2.24) is 4.98 Å². The summed E-state index contributed by atoms with van der Waals surface area (Å²) in [7, 11) is 1.60. The fourth-order valence-corrected chi connectivity index (χ4v) is 2.03. The monoisotopic (exact) mass is 289 g/mol. The van der Waals surface area contributed by atoms with Crippen molar-refractivity contribution in [2.24, 2.45) is 5.73 Å². The number of anilines is 1. The van der Waals surface area contributed by atoms with Crippen molar-refractivity contribution in [3.63, 3.8) is 0 Å². The number of aryl methyl sites for hydroxylation is 1. The topological polar surface area (TPSA) is 68.4 Å². The number of thiol groups is 1. The number of rotatable bonds is 3. The van der Waals surface area contributed by atoms with Crippen LogP contribution in [0.15, 0.2) is 36.5 Å². The lowest BCUT2D eigenvalue weighted by molar-refractivity contribution is 0.257. The maximum atomic E-state index is 11.2. The van der Waals surface area contributed by atoms with Gasteiger partial charge in [0.1, 0.15) is 5.75 Å². The highest BCUT2D eigenvalue weighted by atomic mass is 32.1. The summed E-state index contributed by atoms with van der Waals surface area (Å²) in [5, 5.41) is 0. The van der Waals surface area contributed by atoms with E-state index in [1.54, 1.807) is 19.4 Å². The number of aromatic nitrogens is 1. The molecule has 2 amide bonds. The highest BCUT2D eigenvalue weighted by molar-refractivity contribution is 7.82. The molecule has 1 aromatic heterocycles. The van der Waals surface area contributed by atoms with Crippen LogP contribution in [0.2, 0.25) is 0 Å². The average molecular weight is 289 g/mol. The molecule has 0 saturated heterocycles. The number of amides is 2. The van der Waals surface area contributed by atoms with Gasteiger partial charge >= 0.3 is 6.03 Å². The summed E-state index contributed by atoms with van der Waals surface area (Å²) in [6.07, 6.45) is 1.67. The summed E-state index contributed by atoms with van der Waals surface area (Å²) in [5.74, 6) is 0.717. The molecular weight excluding hydrogens is 274 g/mol. The highest BCUT2D eigenvalue weighted by Crippen LogP contribution is 2.29. The first kappa shape index (κ1) is 14.2. The van der Waals surface area contributed by atoms with Gasteiger partial charge in [-0.2, -0.15) is 0 Å². The number of methoxy groups -OCH3 is 1. The molecule has 2 rings (SSSR count). The van der Waals surface area contributed by atoms with E-state index in [4.69, 9.17) is 10.5 Å². The molecule has 0 aliphatic rings. The van der Waals surface area contributed by atoms with Gasteiger partial charge in [-0.3, -0.25) is 4.98 Å². The lowest BCUT2D eigenvalue weighted by Gasteiger charge is -2.16. The van der Waals surface area contributed by atoms with Crippen molar-refractivity contribution < 1.29 is 9.53 Å². The lowest BCUT2D eigenvalue weighted by atomic mass is 10.1. The van der Waals surface area contributed by atoms with E-state index in [-0.39, 0.29) is 0 Å². The van der Waals surface area contributed by atoms with Crippen LogP contribution < -0.4 is 14.8 Å². The van der Waals surface area contributed by atoms with E-state index in [0.717, 1.165) is 26.9 Å². The van der Waals surface area contributed by atoms with Gasteiger partial charge in [-0.15, -0.1) is 0 Å². The number of primary amides is 1. The Hall–Kier alpha value is -2.21. The maximum absolute atomic E-state index is 11.2. The number of urea groups is 1. The summed E-state index contributed by atoms with van der Waals surface area (Å²) >= 11 is 4.10. The van der Waals surface area contributed by atoms with Crippen molar-refractivity contribution in [3.8, 4) is 17.0 Å². The van der Waals surface area contributed by atoms with Crippen LogP contribution in [0.3, 0.4) is 0 Å². The van der Waals surface area contributed by atoms with Crippen molar-refractivity contribution in [3.05, 3.63) is 42.1 Å². The molecule has 6 heteroatoms. The summed E-state index contributed by atoms with van der Waals surface area (Å²) in [6.45, 7) is 1.88. The maximum Gasteiger partial charge on any atom is 0.329 e. The Morgan fingerprint density at radius 1 is 1.35 bits per heavy atom. The molecule has 5 nitrogen and oxygen atoms in total. The quantitative estimate of drug-likeness (QED) is 0.854. The fraction of sp³-hybridized carbons (Fsp3) is 0.143. The van der Waals surface area contributed by atoms with Crippen LogP contribution in [0, 0.1) is 6.92 Å². The van der Waals surface area contributed by atoms with Crippen LogP contribution in [0.4, 0.5) is 10.5 Å². The van der Waals surface area contributed by atoms with Crippen molar-refractivity contribution >= 4 is 24.5 Å². The second kappa shape index (κ2) is 5.83. The first-order valence-corrected chi connectivity index (χ1v) is 6.32. The third kappa shape index (κ3) is 2.85. The fourth-order valence-electron chi connectivity index (χ4n) is 1.81. The molecule has 0 bridgehead atoms. The molecule has 2 N–H and O–H groups in total. The van der Waals surface area contributed by atoms with Gasteiger partial charge in [-0.1, -0.05) is 24.9 Å². The Bertz CT molecular complexity index is 646. The Labute approximate surface area is 122 Å². The predicted molar refractivity (Wildman–Crippen MR) is 82.0 cm³/mol. The van der Waals surface area contributed by atoms with Gasteiger partial charge in [0, 0.05) is 17.8 Å². The molecule has 1 aromatic carbocycles. The van der Waals surface area contributed by atoms with Crippen LogP contribution in [0.25, 0.3) is 11.3 Å². The van der Waals surface area contributed by atoms with E-state index < -0.39 is 6.03 Å². The van der Waals surface area contributed by atoms with Crippen LogP contribution in [-0.4, -0.2) is 18.1 Å². The lowest BCUT2D eigenvalue weighted by Crippen LogP contribution is -2.27. The van der Waals surface area contributed by atoms with Gasteiger partial charge in [0.05, 0.1) is 18.5 Å². The van der Waals surface area contributed by atoms with Crippen LogP contribution in [-0.2, 0) is 0 Å². The molecule has 1 heterocycles. The van der Waals surface area contributed by atoms with E-state index in [1.165, 1.54) is 0 Å². The number of pyridine rings is 1. The molecule has 0 radical (unpaired) electrons. The molecule has 0 saturated carbocycles. The second-order valence-corrected chi connectivity index (χ2v) is 4.63. The van der Waals surface area contributed by atoms with Gasteiger partial charge in [-0.05, 0) is 24.6 Å². The minimum atomic E-state index is -0.632. The van der Waals surface area contributed by atoms with Gasteiger partial charge in [-0.25, -0.2) is 9.10 Å². The normalized spacial score (nSPS) is 10.2. The third-order valence-corrected chi connectivity index (χ3v) is 3.32. The van der Waals surface area contributed by atoms with E-state index in [0.29, 0.717) is 5.69 Å². The van der Waals surface area contributed by atoms with Gasteiger partial charge < -0.3 is 10.5 Å². The molecule has 0 spiro atoms. The van der Waals surface area contributed by atoms with E-state index in [9.17, 15) is 4.79 Å². The summed E-state index contributed by atoms with van der Waals surface area (Å²) in [4.78, 5) is 15.5. The smallest absolute Gasteiger partial charge is 0.329 e. The van der Waals surface area contributed by atoms with E-state index in [1.807, 2.05) is 31.2 Å². The average Bonchev–Trinajstić information content (AvgIpc) is 2.47. The molecular formula is C14H15N3O2S. The largest absolute Gasteiger partial charge is 0.497 e. The Morgan fingerprint density at radius 2 is 2.10 bits per heavy atom. The zero-order chi connectivity index (χ0) is 14.7. The highest BCUT2D eigenvalue weighted by Gasteiger charge is 2.12. The van der Waals surface area contributed by atoms with E-state index >= 15 is 0 Å². The molecule has 2 aromatic rings. The molecule has 0 unspecified atom stereocenters. The standard InChI is InChI=1S/C14H15N3O2S/c1-9-3-4-10(7-13(9)17(20)14(15)18)12-8-11(19-2)5-6-16-12/h3-8,20H,1-2H3,(H2,15,18).